The Morgan fingerprint density at radius 2 is 1.79 bits per heavy atom. The second-order valence-corrected chi connectivity index (χ2v) is 6.76. The Hall–Kier alpha value is -3.44. The number of aromatic nitrogens is 2. The molecule has 0 unspecified atom stereocenters. The van der Waals surface area contributed by atoms with Crippen molar-refractivity contribution in [3.05, 3.63) is 88.8 Å². The molecule has 0 amide bonds. The summed E-state index contributed by atoms with van der Waals surface area (Å²) in [6, 6.07) is 18.0. The molecule has 6 heteroatoms. The van der Waals surface area contributed by atoms with E-state index in [1.165, 1.54) is 0 Å². The number of nitrogens with one attached hydrogen (secondary N) is 1. The lowest BCUT2D eigenvalue weighted by Crippen LogP contribution is -2.09. The molecule has 5 nitrogen and oxygen atoms in total. The van der Waals surface area contributed by atoms with Gasteiger partial charge in [0.1, 0.15) is 5.15 Å². The highest BCUT2D eigenvalue weighted by Crippen LogP contribution is 2.27. The Morgan fingerprint density at radius 3 is 2.57 bits per heavy atom. The van der Waals surface area contributed by atoms with Gasteiger partial charge in [-0.1, -0.05) is 48.0 Å². The molecule has 0 aliphatic rings. The second kappa shape index (κ2) is 7.29. The number of aromatic amines is 1. The van der Waals surface area contributed by atoms with Crippen LogP contribution in [0.5, 0.6) is 0 Å². The van der Waals surface area contributed by atoms with E-state index in [-0.39, 0.29) is 12.2 Å². The first-order chi connectivity index (χ1) is 13.5. The maximum absolute atomic E-state index is 13.2. The van der Waals surface area contributed by atoms with Gasteiger partial charge >= 0.3 is 5.97 Å². The molecule has 0 saturated carbocycles. The monoisotopic (exact) mass is 390 g/mol. The van der Waals surface area contributed by atoms with Crippen molar-refractivity contribution in [1.82, 2.24) is 9.97 Å². The molecule has 0 atom stereocenters. The number of benzene rings is 2. The molecule has 0 radical (unpaired) electrons. The molecule has 138 valence electrons. The summed E-state index contributed by atoms with van der Waals surface area (Å²) in [6.45, 7) is 0. The van der Waals surface area contributed by atoms with E-state index >= 15 is 0 Å². The molecule has 4 rings (SSSR count). The lowest BCUT2D eigenvalue weighted by molar-refractivity contribution is -0.136. The number of H-pyrrole nitrogens is 1. The smallest absolute Gasteiger partial charge is 0.307 e. The van der Waals surface area contributed by atoms with Crippen molar-refractivity contribution >= 4 is 34.3 Å². The summed E-state index contributed by atoms with van der Waals surface area (Å²) in [6.07, 6.45) is 1.37. The fourth-order valence-electron chi connectivity index (χ4n) is 3.30. The maximum atomic E-state index is 13.2. The van der Waals surface area contributed by atoms with Gasteiger partial charge in [-0.3, -0.25) is 9.59 Å². The van der Waals surface area contributed by atoms with Crippen LogP contribution < -0.4 is 0 Å². The number of aliphatic carboxylic acids is 1. The van der Waals surface area contributed by atoms with Crippen molar-refractivity contribution in [2.24, 2.45) is 0 Å². The first-order valence-electron chi connectivity index (χ1n) is 8.61. The molecule has 28 heavy (non-hydrogen) atoms. The lowest BCUT2D eigenvalue weighted by Gasteiger charge is -2.06. The van der Waals surface area contributed by atoms with E-state index in [0.717, 1.165) is 22.0 Å². The number of hydrogen-bond donors (Lipinski definition) is 2. The van der Waals surface area contributed by atoms with Crippen molar-refractivity contribution < 1.29 is 14.7 Å². The molecule has 0 saturated heterocycles. The number of ketones is 1. The Balaban J connectivity index is 1.80. The predicted octanol–water partition coefficient (Wildman–Crippen LogP) is 4.74. The second-order valence-electron chi connectivity index (χ2n) is 6.37. The Bertz CT molecular complexity index is 1210. The fraction of sp³-hybridized carbons (Fsp3) is 0.0455. The van der Waals surface area contributed by atoms with Gasteiger partial charge in [0.25, 0.3) is 0 Å². The topological polar surface area (TPSA) is 83.0 Å². The predicted molar refractivity (Wildman–Crippen MR) is 108 cm³/mol. The minimum atomic E-state index is -0.987. The summed E-state index contributed by atoms with van der Waals surface area (Å²) in [5.41, 5.74) is 3.66. The zero-order valence-electron chi connectivity index (χ0n) is 14.6. The number of hydrogen-bond acceptors (Lipinski definition) is 3. The van der Waals surface area contributed by atoms with E-state index < -0.39 is 5.97 Å². The van der Waals surface area contributed by atoms with E-state index in [2.05, 4.69) is 9.97 Å². The molecular weight excluding hydrogens is 376 g/mol. The minimum Gasteiger partial charge on any atom is -0.481 e. The SMILES string of the molecule is O=C(O)Cc1c(C(=O)c2cccc(-c3ccnc(Cl)c3)c2)[nH]c2ccccc12. The molecular formula is C22H15ClN2O3. The third-order valence-electron chi connectivity index (χ3n) is 4.55. The van der Waals surface area contributed by atoms with Crippen LogP contribution in [0, 0.1) is 0 Å². The van der Waals surface area contributed by atoms with Crippen LogP contribution in [0.15, 0.2) is 66.9 Å². The van der Waals surface area contributed by atoms with Crippen molar-refractivity contribution in [2.75, 3.05) is 0 Å². The summed E-state index contributed by atoms with van der Waals surface area (Å²) in [5, 5.41) is 10.4. The van der Waals surface area contributed by atoms with E-state index in [1.54, 1.807) is 30.5 Å². The number of nitrogens with zero attached hydrogens (tertiary/aromatic N) is 1. The number of pyridine rings is 1. The Labute approximate surface area is 165 Å². The van der Waals surface area contributed by atoms with Crippen LogP contribution in [0.1, 0.15) is 21.6 Å². The van der Waals surface area contributed by atoms with Gasteiger partial charge in [0.2, 0.25) is 5.78 Å². The number of fused-ring (bicyclic) bond motifs is 1. The molecule has 0 fully saturated rings. The molecule has 2 aromatic carbocycles. The number of carboxylic acid groups (broad SMARTS) is 1. The Morgan fingerprint density at radius 1 is 1.00 bits per heavy atom. The van der Waals surface area contributed by atoms with Gasteiger partial charge in [-0.2, -0.15) is 0 Å². The van der Waals surface area contributed by atoms with Crippen LogP contribution in [0.3, 0.4) is 0 Å². The van der Waals surface area contributed by atoms with Crippen LogP contribution in [-0.2, 0) is 11.2 Å². The molecule has 0 aliphatic carbocycles. The molecule has 2 aromatic heterocycles. The van der Waals surface area contributed by atoms with Crippen LogP contribution in [-0.4, -0.2) is 26.8 Å². The lowest BCUT2D eigenvalue weighted by atomic mass is 9.98. The minimum absolute atomic E-state index is 0.231. The van der Waals surface area contributed by atoms with Crippen LogP contribution in [0.25, 0.3) is 22.0 Å². The van der Waals surface area contributed by atoms with Gasteiger partial charge in [-0.05, 0) is 35.4 Å². The quantitative estimate of drug-likeness (QED) is 0.381. The highest BCUT2D eigenvalue weighted by molar-refractivity contribution is 6.29. The van der Waals surface area contributed by atoms with Crippen molar-refractivity contribution in [3.8, 4) is 11.1 Å². The third-order valence-corrected chi connectivity index (χ3v) is 4.76. The largest absolute Gasteiger partial charge is 0.481 e. The molecule has 0 spiro atoms. The fourth-order valence-corrected chi connectivity index (χ4v) is 3.47. The van der Waals surface area contributed by atoms with Gasteiger partial charge in [0, 0.05) is 28.2 Å². The van der Waals surface area contributed by atoms with Gasteiger partial charge in [-0.15, -0.1) is 0 Å². The maximum Gasteiger partial charge on any atom is 0.307 e. The van der Waals surface area contributed by atoms with Gasteiger partial charge in [-0.25, -0.2) is 4.98 Å². The van der Waals surface area contributed by atoms with Gasteiger partial charge in [0.15, 0.2) is 0 Å². The molecule has 4 aromatic rings. The number of rotatable bonds is 5. The van der Waals surface area contributed by atoms with E-state index in [1.807, 2.05) is 36.4 Å². The van der Waals surface area contributed by atoms with Crippen LogP contribution in [0.4, 0.5) is 0 Å². The number of carbonyl (C=O) groups is 2. The first-order valence-corrected chi connectivity index (χ1v) is 8.99. The van der Waals surface area contributed by atoms with Crippen molar-refractivity contribution in [2.45, 2.75) is 6.42 Å². The molecule has 2 heterocycles. The molecule has 2 N–H and O–H groups in total. The van der Waals surface area contributed by atoms with Gasteiger partial charge < -0.3 is 10.1 Å². The summed E-state index contributed by atoms with van der Waals surface area (Å²) in [4.78, 5) is 31.6. The summed E-state index contributed by atoms with van der Waals surface area (Å²) >= 11 is 5.97. The summed E-state index contributed by atoms with van der Waals surface area (Å²) in [7, 11) is 0. The summed E-state index contributed by atoms with van der Waals surface area (Å²) in [5.74, 6) is -1.24. The van der Waals surface area contributed by atoms with E-state index in [9.17, 15) is 14.7 Å². The Kier molecular flexibility index (Phi) is 4.67. The van der Waals surface area contributed by atoms with E-state index in [4.69, 9.17) is 11.6 Å². The summed E-state index contributed by atoms with van der Waals surface area (Å²) < 4.78 is 0. The third kappa shape index (κ3) is 3.40. The van der Waals surface area contributed by atoms with Crippen LogP contribution >= 0.6 is 11.6 Å². The van der Waals surface area contributed by atoms with Crippen molar-refractivity contribution in [1.29, 1.82) is 0 Å². The first kappa shape index (κ1) is 17.9. The average molecular weight is 391 g/mol. The van der Waals surface area contributed by atoms with E-state index in [0.29, 0.717) is 22.0 Å². The normalized spacial score (nSPS) is 10.9. The molecule has 0 bridgehead atoms. The zero-order chi connectivity index (χ0) is 19.7. The van der Waals surface area contributed by atoms with Crippen LogP contribution in [0.2, 0.25) is 5.15 Å². The molecule has 0 aliphatic heterocycles. The highest BCUT2D eigenvalue weighted by atomic mass is 35.5. The number of halogens is 1. The van der Waals surface area contributed by atoms with Gasteiger partial charge in [0.05, 0.1) is 12.1 Å². The number of carboxylic acids is 1. The number of para-hydroxylation sites is 1. The number of carbonyl (C=O) groups excluding carboxylic acids is 1. The highest BCUT2D eigenvalue weighted by Gasteiger charge is 2.21. The zero-order valence-corrected chi connectivity index (χ0v) is 15.4. The standard InChI is InChI=1S/C22H15ClN2O3/c23-19-11-14(8-9-24-19)13-4-3-5-15(10-13)22(28)21-17(12-20(26)27)16-6-1-2-7-18(16)25-21/h1-11,25H,12H2,(H,26,27). The average Bonchev–Trinajstić information content (AvgIpc) is 3.05. The van der Waals surface area contributed by atoms with Crippen molar-refractivity contribution in [3.63, 3.8) is 0 Å².